The zero-order chi connectivity index (χ0) is 47.5. The van der Waals surface area contributed by atoms with Gasteiger partial charge in [-0.1, -0.05) is 19.1 Å². The van der Waals surface area contributed by atoms with Gasteiger partial charge in [0.05, 0.1) is 36.4 Å². The molecule has 9 N–H and O–H groups in total. The number of carbonyl (C=O) groups is 5. The van der Waals surface area contributed by atoms with Crippen molar-refractivity contribution in [1.82, 2.24) is 56.2 Å². The van der Waals surface area contributed by atoms with E-state index in [1.807, 2.05) is 18.5 Å². The van der Waals surface area contributed by atoms with E-state index >= 15 is 0 Å². The molecule has 2 aliphatic rings. The molecule has 0 spiro atoms. The standard InChI is InChI=1S/C45H63N13O8/c1-24(2)27(5)51-45(65)66-23-33-31-13-15-34-36(17-14-32(31)33)58(57-56-34)20-6-7-25(3)49-37(59)19-16-35(43(63)64)53-38(60)18-8-26(4)50-41(61)28-9-11-29(12-10-28)47-21-30-22-48-40-39(52-30)42(62)55-44(46)54-40/h9-12,22,24-27,31-33,35,47H,6-8,13-21,23H2,1-5H3,(H,49,59)(H,50,61)(H,51,65)(H,53,60)(H,63,64)(H3,46,48,54,55,62)/t25-,26-,27-,31-,32+,33-,35+/m1/s1. The quantitative estimate of drug-likeness (QED) is 0.0561. The summed E-state index contributed by atoms with van der Waals surface area (Å²) in [5.41, 5.74) is 9.04. The number of aromatic nitrogens is 7. The molecule has 4 aromatic rings. The molecule has 6 rings (SSSR count). The molecule has 0 radical (unpaired) electrons. The summed E-state index contributed by atoms with van der Waals surface area (Å²) in [6.45, 7) is 11.1. The van der Waals surface area contributed by atoms with Gasteiger partial charge in [-0.15, -0.1) is 5.10 Å². The summed E-state index contributed by atoms with van der Waals surface area (Å²) in [7, 11) is 0. The summed E-state index contributed by atoms with van der Waals surface area (Å²) in [4.78, 5) is 89.6. The molecule has 2 aliphatic carbocycles. The average molecular weight is 914 g/mol. The SMILES string of the molecule is CC(C)[C@@H](C)NC(=O)OC[C@@H]1[C@@H]2CCc3nnn(CCC[C@@H](C)NC(=O)CC[C@H](NC(=O)CC[C@@H](C)NC(=O)c4ccc(NCc5cnc6nc(N)[nH]c(=O)c6n5)cc4)C(=O)O)c3CC[C@@H]21. The number of aliphatic carboxylic acids is 1. The van der Waals surface area contributed by atoms with Gasteiger partial charge in [0.15, 0.2) is 11.2 Å². The molecule has 0 bridgehead atoms. The highest BCUT2D eigenvalue weighted by molar-refractivity contribution is 5.94. The van der Waals surface area contributed by atoms with Crippen LogP contribution in [0.5, 0.6) is 0 Å². The molecule has 3 aromatic heterocycles. The van der Waals surface area contributed by atoms with Crippen molar-refractivity contribution in [3.05, 3.63) is 63.5 Å². The number of amides is 4. The molecule has 0 unspecified atom stereocenters. The van der Waals surface area contributed by atoms with Crippen LogP contribution in [0.15, 0.2) is 35.3 Å². The van der Waals surface area contributed by atoms with Gasteiger partial charge in [-0.05, 0) is 120 Å². The number of H-pyrrole nitrogens is 1. The molecule has 4 amide bonds. The number of rotatable bonds is 22. The highest BCUT2D eigenvalue weighted by Crippen LogP contribution is 2.53. The number of fused-ring (bicyclic) bond motifs is 3. The van der Waals surface area contributed by atoms with E-state index in [1.165, 1.54) is 6.20 Å². The smallest absolute Gasteiger partial charge is 0.407 e. The maximum absolute atomic E-state index is 12.9. The Morgan fingerprint density at radius 2 is 1.59 bits per heavy atom. The molecular formula is C45H63N13O8. The number of carbonyl (C=O) groups excluding carboxylic acids is 4. The Balaban J connectivity index is 0.841. The van der Waals surface area contributed by atoms with Crippen molar-refractivity contribution in [2.24, 2.45) is 23.7 Å². The Morgan fingerprint density at radius 1 is 0.894 bits per heavy atom. The summed E-state index contributed by atoms with van der Waals surface area (Å²) >= 11 is 0. The fraction of sp³-hybridized carbons (Fsp3) is 0.578. The van der Waals surface area contributed by atoms with E-state index in [0.717, 1.165) is 43.5 Å². The third-order valence-corrected chi connectivity index (χ3v) is 12.6. The molecule has 1 fully saturated rings. The maximum atomic E-state index is 12.9. The van der Waals surface area contributed by atoms with Gasteiger partial charge >= 0.3 is 12.1 Å². The lowest BCUT2D eigenvalue weighted by atomic mass is 10.0. The summed E-state index contributed by atoms with van der Waals surface area (Å²) < 4.78 is 7.55. The number of hydrogen-bond acceptors (Lipinski definition) is 14. The monoisotopic (exact) mass is 913 g/mol. The van der Waals surface area contributed by atoms with Crippen LogP contribution in [-0.4, -0.2) is 101 Å². The first-order valence-corrected chi connectivity index (χ1v) is 22.9. The molecule has 1 saturated carbocycles. The molecule has 3 heterocycles. The summed E-state index contributed by atoms with van der Waals surface area (Å²) in [5.74, 6) is -0.676. The van der Waals surface area contributed by atoms with Crippen LogP contribution in [0.4, 0.5) is 16.4 Å². The molecule has 0 aliphatic heterocycles. The predicted molar refractivity (Wildman–Crippen MR) is 244 cm³/mol. The van der Waals surface area contributed by atoms with Gasteiger partial charge in [0.1, 0.15) is 6.04 Å². The van der Waals surface area contributed by atoms with Gasteiger partial charge in [-0.25, -0.2) is 24.2 Å². The lowest BCUT2D eigenvalue weighted by molar-refractivity contribution is -0.142. The number of alkyl carbamates (subject to hydrolysis) is 1. The van der Waals surface area contributed by atoms with Crippen LogP contribution in [0.25, 0.3) is 11.2 Å². The van der Waals surface area contributed by atoms with Crippen molar-refractivity contribution >= 4 is 52.6 Å². The van der Waals surface area contributed by atoms with Crippen LogP contribution in [0.3, 0.4) is 0 Å². The Morgan fingerprint density at radius 3 is 2.32 bits per heavy atom. The Bertz CT molecular complexity index is 2400. The van der Waals surface area contributed by atoms with E-state index in [4.69, 9.17) is 10.5 Å². The molecule has 1 aromatic carbocycles. The van der Waals surface area contributed by atoms with Crippen LogP contribution in [0.2, 0.25) is 0 Å². The first-order chi connectivity index (χ1) is 31.5. The second-order valence-corrected chi connectivity index (χ2v) is 18.0. The van der Waals surface area contributed by atoms with E-state index in [-0.39, 0.29) is 79.3 Å². The van der Waals surface area contributed by atoms with Gasteiger partial charge < -0.3 is 42.2 Å². The number of ether oxygens (including phenoxy) is 1. The Labute approximate surface area is 382 Å². The number of nitrogens with two attached hydrogens (primary N) is 1. The van der Waals surface area contributed by atoms with E-state index in [1.54, 1.807) is 31.2 Å². The van der Waals surface area contributed by atoms with Crippen LogP contribution in [0.1, 0.15) is 113 Å². The van der Waals surface area contributed by atoms with Crippen molar-refractivity contribution in [3.63, 3.8) is 0 Å². The topological polar surface area (TPSA) is 303 Å². The van der Waals surface area contributed by atoms with Gasteiger partial charge in [0.2, 0.25) is 17.8 Å². The molecule has 21 heteroatoms. The second kappa shape index (κ2) is 22.5. The van der Waals surface area contributed by atoms with E-state index in [0.29, 0.717) is 60.2 Å². The van der Waals surface area contributed by atoms with Crippen molar-refractivity contribution in [2.75, 3.05) is 17.7 Å². The highest BCUT2D eigenvalue weighted by atomic mass is 16.5. The minimum atomic E-state index is -1.25. The van der Waals surface area contributed by atoms with Gasteiger partial charge in [0.25, 0.3) is 11.5 Å². The fourth-order valence-electron chi connectivity index (χ4n) is 8.30. The molecule has 21 nitrogen and oxygen atoms in total. The van der Waals surface area contributed by atoms with E-state index in [9.17, 15) is 33.9 Å². The van der Waals surface area contributed by atoms with Gasteiger partial charge in [0, 0.05) is 48.8 Å². The number of nitrogens with one attached hydrogen (secondary N) is 6. The summed E-state index contributed by atoms with van der Waals surface area (Å²) in [6.07, 6.45) is 6.33. The number of anilines is 2. The average Bonchev–Trinajstić information content (AvgIpc) is 3.78. The van der Waals surface area contributed by atoms with Crippen LogP contribution in [0, 0.1) is 23.7 Å². The van der Waals surface area contributed by atoms with Crippen molar-refractivity contribution in [3.8, 4) is 0 Å². The van der Waals surface area contributed by atoms with Crippen molar-refractivity contribution in [1.29, 1.82) is 0 Å². The van der Waals surface area contributed by atoms with Crippen LogP contribution in [-0.2, 0) is 45.1 Å². The van der Waals surface area contributed by atoms with Crippen molar-refractivity contribution in [2.45, 2.75) is 136 Å². The number of carboxylic acids is 1. The lowest BCUT2D eigenvalue weighted by Gasteiger charge is -2.18. The van der Waals surface area contributed by atoms with Gasteiger partial charge in [-0.3, -0.25) is 24.2 Å². The first kappa shape index (κ1) is 48.8. The zero-order valence-corrected chi connectivity index (χ0v) is 38.3. The second-order valence-electron chi connectivity index (χ2n) is 18.0. The predicted octanol–water partition coefficient (Wildman–Crippen LogP) is 3.24. The van der Waals surface area contributed by atoms with Crippen LogP contribution < -0.4 is 37.9 Å². The number of nitrogens with zero attached hydrogens (tertiary/aromatic N) is 6. The molecular weight excluding hydrogens is 851 g/mol. The Hall–Kier alpha value is -6.67. The fourth-order valence-corrected chi connectivity index (χ4v) is 8.30. The first-order valence-electron chi connectivity index (χ1n) is 22.9. The van der Waals surface area contributed by atoms with E-state index < -0.39 is 29.5 Å². The molecule has 0 saturated heterocycles. The normalized spacial score (nSPS) is 18.3. The number of nitrogen functional groups attached to an aromatic ring is 1. The number of aromatic amines is 1. The minimum absolute atomic E-state index is 0.0337. The highest BCUT2D eigenvalue weighted by Gasteiger charge is 2.50. The minimum Gasteiger partial charge on any atom is -0.480 e. The van der Waals surface area contributed by atoms with Crippen LogP contribution >= 0.6 is 0 Å². The number of aryl methyl sites for hydroxylation is 2. The van der Waals surface area contributed by atoms with E-state index in [2.05, 4.69) is 70.7 Å². The third-order valence-electron chi connectivity index (χ3n) is 12.6. The maximum Gasteiger partial charge on any atom is 0.407 e. The largest absolute Gasteiger partial charge is 0.480 e. The Kier molecular flexibility index (Phi) is 16.6. The molecule has 356 valence electrons. The molecule has 7 atom stereocenters. The summed E-state index contributed by atoms with van der Waals surface area (Å²) in [5, 5.41) is 33.1. The summed E-state index contributed by atoms with van der Waals surface area (Å²) in [6, 6.07) is 4.95. The number of carboxylic acid groups (broad SMARTS) is 1. The zero-order valence-electron chi connectivity index (χ0n) is 38.3. The van der Waals surface area contributed by atoms with Crippen molar-refractivity contribution < 1.29 is 33.8 Å². The molecule has 66 heavy (non-hydrogen) atoms. The van der Waals surface area contributed by atoms with Gasteiger partial charge in [-0.2, -0.15) is 4.98 Å². The number of hydrogen-bond donors (Lipinski definition) is 8. The third kappa shape index (κ3) is 13.7. The number of benzene rings is 1. The lowest BCUT2D eigenvalue weighted by Crippen LogP contribution is -2.42.